The predicted octanol–water partition coefficient (Wildman–Crippen LogP) is 2.95. The first kappa shape index (κ1) is 22.3. The van der Waals surface area contributed by atoms with E-state index in [0.29, 0.717) is 24.9 Å². The third-order valence-electron chi connectivity index (χ3n) is 5.31. The van der Waals surface area contributed by atoms with Crippen LogP contribution >= 0.6 is 0 Å². The van der Waals surface area contributed by atoms with Gasteiger partial charge in [0.15, 0.2) is 0 Å². The lowest BCUT2D eigenvalue weighted by Gasteiger charge is -2.35. The van der Waals surface area contributed by atoms with Crippen LogP contribution < -0.4 is 15.4 Å². The molecule has 1 fully saturated rings. The first-order valence-electron chi connectivity index (χ1n) is 10.2. The molecule has 31 heavy (non-hydrogen) atoms. The molecule has 0 saturated carbocycles. The molecule has 164 valence electrons. The fourth-order valence-electron chi connectivity index (χ4n) is 3.59. The van der Waals surface area contributed by atoms with Crippen molar-refractivity contribution in [3.8, 4) is 5.75 Å². The molecule has 1 aliphatic heterocycles. The van der Waals surface area contributed by atoms with E-state index in [2.05, 4.69) is 10.6 Å². The van der Waals surface area contributed by atoms with Crippen molar-refractivity contribution >= 4 is 17.8 Å². The molecule has 0 spiro atoms. The van der Waals surface area contributed by atoms with Gasteiger partial charge in [0, 0.05) is 6.54 Å². The Balaban J connectivity index is 1.58. The normalized spacial score (nSPS) is 17.1. The first-order chi connectivity index (χ1) is 14.9. The number of imide groups is 1. The number of carbonyl (C=O) groups is 3. The Morgan fingerprint density at radius 3 is 2.45 bits per heavy atom. The van der Waals surface area contributed by atoms with Crippen LogP contribution in [0.15, 0.2) is 48.5 Å². The second-order valence-electron chi connectivity index (χ2n) is 7.33. The van der Waals surface area contributed by atoms with Crippen LogP contribution in [0.2, 0.25) is 0 Å². The maximum atomic E-state index is 13.1. The summed E-state index contributed by atoms with van der Waals surface area (Å²) in [6.45, 7) is 2.13. The maximum Gasteiger partial charge on any atom is 0.325 e. The summed E-state index contributed by atoms with van der Waals surface area (Å²) in [5, 5.41) is 5.56. The number of hydrogen-bond acceptors (Lipinski definition) is 4. The molecule has 1 saturated heterocycles. The Labute approximate surface area is 180 Å². The number of halogens is 1. The number of methoxy groups -OCH3 is 1. The van der Waals surface area contributed by atoms with Gasteiger partial charge in [0.05, 0.1) is 19.6 Å². The van der Waals surface area contributed by atoms with E-state index < -0.39 is 29.8 Å². The van der Waals surface area contributed by atoms with Crippen molar-refractivity contribution in [3.63, 3.8) is 0 Å². The van der Waals surface area contributed by atoms with E-state index in [1.54, 1.807) is 14.0 Å². The van der Waals surface area contributed by atoms with E-state index in [9.17, 15) is 18.8 Å². The summed E-state index contributed by atoms with van der Waals surface area (Å²) in [6, 6.07) is 11.1. The molecule has 4 amide bonds. The highest BCUT2D eigenvalue weighted by Crippen LogP contribution is 2.24. The van der Waals surface area contributed by atoms with Gasteiger partial charge in [0.2, 0.25) is 11.8 Å². The highest BCUT2D eigenvalue weighted by atomic mass is 19.1. The molecule has 0 aliphatic carbocycles. The Kier molecular flexibility index (Phi) is 7.23. The topological polar surface area (TPSA) is 87.7 Å². The van der Waals surface area contributed by atoms with Gasteiger partial charge < -0.3 is 15.4 Å². The molecule has 2 unspecified atom stereocenters. The minimum Gasteiger partial charge on any atom is -0.497 e. The van der Waals surface area contributed by atoms with Gasteiger partial charge >= 0.3 is 6.03 Å². The monoisotopic (exact) mass is 427 g/mol. The zero-order chi connectivity index (χ0) is 22.4. The van der Waals surface area contributed by atoms with Crippen molar-refractivity contribution in [2.75, 3.05) is 13.7 Å². The summed E-state index contributed by atoms with van der Waals surface area (Å²) in [5.41, 5.74) is 1.67. The molecule has 7 nitrogen and oxygen atoms in total. The summed E-state index contributed by atoms with van der Waals surface area (Å²) >= 11 is 0. The predicted molar refractivity (Wildman–Crippen MR) is 113 cm³/mol. The van der Waals surface area contributed by atoms with Gasteiger partial charge in [-0.3, -0.25) is 14.5 Å². The Bertz CT molecular complexity index is 913. The van der Waals surface area contributed by atoms with E-state index in [4.69, 9.17) is 4.74 Å². The van der Waals surface area contributed by atoms with Gasteiger partial charge in [-0.05, 0) is 48.2 Å². The van der Waals surface area contributed by atoms with Crippen molar-refractivity contribution in [3.05, 3.63) is 65.5 Å². The smallest absolute Gasteiger partial charge is 0.325 e. The molecule has 2 N–H and O–H groups in total. The average Bonchev–Trinajstić information content (AvgIpc) is 2.77. The number of urea groups is 1. The molecular formula is C23H26FN3O4. The molecule has 0 aromatic heterocycles. The number of nitrogens with one attached hydrogen (secondary N) is 2. The minimum atomic E-state index is -0.891. The highest BCUT2D eigenvalue weighted by Gasteiger charge is 2.39. The molecule has 8 heteroatoms. The van der Waals surface area contributed by atoms with Crippen LogP contribution in [0.4, 0.5) is 9.18 Å². The summed E-state index contributed by atoms with van der Waals surface area (Å²) in [7, 11) is 1.60. The number of benzene rings is 2. The van der Waals surface area contributed by atoms with Gasteiger partial charge in [-0.2, -0.15) is 0 Å². The van der Waals surface area contributed by atoms with Crippen molar-refractivity contribution in [1.29, 1.82) is 0 Å². The molecule has 1 heterocycles. The summed E-state index contributed by atoms with van der Waals surface area (Å²) in [4.78, 5) is 39.0. The molecule has 3 rings (SSSR count). The minimum absolute atomic E-state index is 0.00695. The fourth-order valence-corrected chi connectivity index (χ4v) is 3.59. The van der Waals surface area contributed by atoms with Crippen LogP contribution in [0.1, 0.15) is 36.9 Å². The molecule has 0 radical (unpaired) electrons. The second kappa shape index (κ2) is 10.1. The summed E-state index contributed by atoms with van der Waals surface area (Å²) < 4.78 is 18.3. The second-order valence-corrected chi connectivity index (χ2v) is 7.33. The molecule has 0 bridgehead atoms. The Morgan fingerprint density at radius 2 is 1.87 bits per heavy atom. The van der Waals surface area contributed by atoms with Crippen molar-refractivity contribution in [2.45, 2.75) is 38.3 Å². The lowest BCUT2D eigenvalue weighted by atomic mass is 10.00. The van der Waals surface area contributed by atoms with Crippen molar-refractivity contribution in [2.24, 2.45) is 0 Å². The number of hydrogen-bond donors (Lipinski definition) is 2. The van der Waals surface area contributed by atoms with Gasteiger partial charge in [-0.1, -0.05) is 31.2 Å². The quantitative estimate of drug-likeness (QED) is 0.678. The Hall–Kier alpha value is -3.42. The van der Waals surface area contributed by atoms with E-state index in [1.165, 1.54) is 24.3 Å². The molecule has 2 aromatic rings. The molecular weight excluding hydrogens is 401 g/mol. The third-order valence-corrected chi connectivity index (χ3v) is 5.31. The summed E-state index contributed by atoms with van der Waals surface area (Å²) in [6.07, 6.45) is 0.917. The van der Waals surface area contributed by atoms with Crippen LogP contribution in [0.3, 0.4) is 0 Å². The Morgan fingerprint density at radius 1 is 1.19 bits per heavy atom. The SMILES string of the molecule is CCC(C(=O)NCCc1ccc(OC)cc1)N1C(=O)CC(c2ccc(F)cc2)NC1=O. The van der Waals surface area contributed by atoms with E-state index >= 15 is 0 Å². The lowest BCUT2D eigenvalue weighted by molar-refractivity contribution is -0.139. The van der Waals surface area contributed by atoms with Crippen LogP contribution in [0.25, 0.3) is 0 Å². The summed E-state index contributed by atoms with van der Waals surface area (Å²) in [5.74, 6) is -0.446. The number of carbonyl (C=O) groups excluding carboxylic acids is 3. The van der Waals surface area contributed by atoms with E-state index in [0.717, 1.165) is 16.2 Å². The zero-order valence-electron chi connectivity index (χ0n) is 17.6. The van der Waals surface area contributed by atoms with Crippen LogP contribution in [0, 0.1) is 5.82 Å². The van der Waals surface area contributed by atoms with Crippen LogP contribution in [-0.2, 0) is 16.0 Å². The number of rotatable bonds is 8. The molecule has 2 atom stereocenters. The average molecular weight is 427 g/mol. The van der Waals surface area contributed by atoms with Gasteiger partial charge in [-0.15, -0.1) is 0 Å². The number of amides is 4. The fraction of sp³-hybridized carbons (Fsp3) is 0.348. The van der Waals surface area contributed by atoms with Crippen molar-refractivity contribution < 1.29 is 23.5 Å². The standard InChI is InChI=1S/C23H26FN3O4/c1-3-20(22(29)25-13-12-15-4-10-18(31-2)11-5-15)27-21(28)14-19(26-23(27)30)16-6-8-17(24)9-7-16/h4-11,19-20H,3,12-14H2,1-2H3,(H,25,29)(H,26,30). The van der Waals surface area contributed by atoms with Crippen LogP contribution in [0.5, 0.6) is 5.75 Å². The first-order valence-corrected chi connectivity index (χ1v) is 10.2. The largest absolute Gasteiger partial charge is 0.497 e. The molecule has 1 aliphatic rings. The van der Waals surface area contributed by atoms with Crippen LogP contribution in [-0.4, -0.2) is 42.4 Å². The van der Waals surface area contributed by atoms with Gasteiger partial charge in [0.1, 0.15) is 17.6 Å². The maximum absolute atomic E-state index is 13.1. The van der Waals surface area contributed by atoms with Gasteiger partial charge in [0.25, 0.3) is 0 Å². The van der Waals surface area contributed by atoms with Gasteiger partial charge in [-0.25, -0.2) is 9.18 Å². The van der Waals surface area contributed by atoms with E-state index in [-0.39, 0.29) is 12.3 Å². The molecule has 2 aromatic carbocycles. The zero-order valence-corrected chi connectivity index (χ0v) is 17.6. The number of nitrogens with zero attached hydrogens (tertiary/aromatic N) is 1. The van der Waals surface area contributed by atoms with E-state index in [1.807, 2.05) is 24.3 Å². The lowest BCUT2D eigenvalue weighted by Crippen LogP contribution is -2.59. The number of ether oxygens (including phenoxy) is 1. The highest BCUT2D eigenvalue weighted by molar-refractivity contribution is 6.02. The third kappa shape index (κ3) is 5.39. The van der Waals surface area contributed by atoms with Crippen molar-refractivity contribution in [1.82, 2.24) is 15.5 Å².